The van der Waals surface area contributed by atoms with E-state index in [1.165, 1.54) is 33.0 Å². The van der Waals surface area contributed by atoms with Gasteiger partial charge in [-0.15, -0.1) is 0 Å². The Hall–Kier alpha value is -6.14. The summed E-state index contributed by atoms with van der Waals surface area (Å²) >= 11 is 0. The van der Waals surface area contributed by atoms with E-state index in [9.17, 15) is 4.79 Å². The first-order valence-electron chi connectivity index (χ1n) is 15.3. The molecule has 9 rings (SSSR count). The minimum absolute atomic E-state index is 0.0424. The summed E-state index contributed by atoms with van der Waals surface area (Å²) < 4.78 is 3.35. The van der Waals surface area contributed by atoms with Crippen LogP contribution in [0.2, 0.25) is 0 Å². The molecule has 218 valence electrons. The molecule has 0 fully saturated rings. The van der Waals surface area contributed by atoms with E-state index < -0.39 is 0 Å². The summed E-state index contributed by atoms with van der Waals surface area (Å²) in [6.45, 7) is 0. The van der Waals surface area contributed by atoms with E-state index in [1.807, 2.05) is 48.5 Å². The molecule has 6 heteroatoms. The molecule has 0 radical (unpaired) electrons. The van der Waals surface area contributed by atoms with Crippen LogP contribution in [0.5, 0.6) is 0 Å². The lowest BCUT2D eigenvalue weighted by molar-refractivity contribution is 0.795. The molecule has 0 saturated carbocycles. The molecule has 2 aromatic heterocycles. The Morgan fingerprint density at radius 3 is 1.76 bits per heavy atom. The van der Waals surface area contributed by atoms with Crippen LogP contribution < -0.4 is 5.69 Å². The predicted molar refractivity (Wildman–Crippen MR) is 185 cm³/mol. The van der Waals surface area contributed by atoms with Gasteiger partial charge in [-0.3, -0.25) is 9.13 Å². The summed E-state index contributed by atoms with van der Waals surface area (Å²) in [5.41, 5.74) is 11.5. The maximum atomic E-state index is 12.5. The number of hydrogen-bond acceptors (Lipinski definition) is 4. The molecule has 0 spiro atoms. The van der Waals surface area contributed by atoms with Gasteiger partial charge in [0.05, 0.1) is 11.0 Å². The Balaban J connectivity index is 1.19. The van der Waals surface area contributed by atoms with Crippen LogP contribution in [0.1, 0.15) is 0 Å². The van der Waals surface area contributed by atoms with E-state index in [2.05, 4.69) is 78.9 Å². The van der Waals surface area contributed by atoms with Crippen molar-refractivity contribution in [1.29, 1.82) is 0 Å². The Morgan fingerprint density at radius 2 is 1.00 bits per heavy atom. The third-order valence-corrected chi connectivity index (χ3v) is 9.16. The van der Waals surface area contributed by atoms with Crippen LogP contribution in [0.4, 0.5) is 0 Å². The van der Waals surface area contributed by atoms with Crippen LogP contribution in [0, 0.1) is 0 Å². The molecule has 6 nitrogen and oxygen atoms in total. The molecule has 0 amide bonds. The molecule has 0 atom stereocenters. The third kappa shape index (κ3) is 3.97. The van der Waals surface area contributed by atoms with Gasteiger partial charge >= 0.3 is 5.69 Å². The predicted octanol–water partition coefficient (Wildman–Crippen LogP) is 8.53. The topological polar surface area (TPSA) is 65.6 Å². The summed E-state index contributed by atoms with van der Waals surface area (Å²) in [7, 11) is 3.61. The van der Waals surface area contributed by atoms with Crippen LogP contribution in [0.25, 0.3) is 89.4 Å². The minimum atomic E-state index is -0.0424. The van der Waals surface area contributed by atoms with E-state index in [1.54, 1.807) is 23.2 Å². The fraction of sp³-hybridized carbons (Fsp3) is 0.0500. The minimum Gasteiger partial charge on any atom is -0.295 e. The highest BCUT2D eigenvalue weighted by atomic mass is 16.1. The molecule has 0 bridgehead atoms. The molecular formula is C40H27N5O. The van der Waals surface area contributed by atoms with Crippen molar-refractivity contribution >= 4 is 21.8 Å². The average Bonchev–Trinajstić information content (AvgIpc) is 3.55. The number of fused-ring (bicyclic) bond motifs is 4. The second-order valence-corrected chi connectivity index (χ2v) is 11.8. The Labute approximate surface area is 264 Å². The zero-order chi connectivity index (χ0) is 30.9. The van der Waals surface area contributed by atoms with E-state index >= 15 is 0 Å². The SMILES string of the molecule is Cn1c(=O)n(C)c2cc(-c3cccc(-c4nc(-c5ccccc5)nc(-c5ccc6c(c5)-c5cccc7cccc-6c57)n4)c3)ccc21. The summed E-state index contributed by atoms with van der Waals surface area (Å²) in [6.07, 6.45) is 0. The van der Waals surface area contributed by atoms with Gasteiger partial charge < -0.3 is 0 Å². The Bertz CT molecular complexity index is 2570. The van der Waals surface area contributed by atoms with Gasteiger partial charge in [0, 0.05) is 30.8 Å². The van der Waals surface area contributed by atoms with Gasteiger partial charge in [-0.1, -0.05) is 103 Å². The summed E-state index contributed by atoms with van der Waals surface area (Å²) in [5.74, 6) is 1.85. The number of hydrogen-bond donors (Lipinski definition) is 0. The standard InChI is InChI=1S/C40H27N5O/c1-44-34-20-18-27(23-35(34)45(2)40(44)46)26-13-6-14-28(21-26)38-41-37(25-9-4-3-5-10-25)42-39(43-38)29-17-19-30-31-15-7-11-24-12-8-16-32(36(24)31)33(30)22-29/h3-23H,1-2H3. The summed E-state index contributed by atoms with van der Waals surface area (Å²) in [6, 6.07) is 43.9. The molecule has 2 heterocycles. The smallest absolute Gasteiger partial charge is 0.295 e. The third-order valence-electron chi connectivity index (χ3n) is 9.16. The lowest BCUT2D eigenvalue weighted by atomic mass is 10.0. The largest absolute Gasteiger partial charge is 0.328 e. The van der Waals surface area contributed by atoms with Gasteiger partial charge in [0.1, 0.15) is 0 Å². The number of imidazole rings is 1. The molecule has 8 aromatic rings. The van der Waals surface area contributed by atoms with Crippen molar-refractivity contribution in [3.63, 3.8) is 0 Å². The van der Waals surface area contributed by atoms with Gasteiger partial charge in [-0.2, -0.15) is 0 Å². The number of nitrogens with zero attached hydrogens (tertiary/aromatic N) is 5. The number of aromatic nitrogens is 5. The highest BCUT2D eigenvalue weighted by Crippen LogP contribution is 2.48. The van der Waals surface area contributed by atoms with Crippen molar-refractivity contribution in [3.8, 4) is 67.5 Å². The monoisotopic (exact) mass is 593 g/mol. The van der Waals surface area contributed by atoms with Gasteiger partial charge in [0.15, 0.2) is 17.5 Å². The van der Waals surface area contributed by atoms with Crippen LogP contribution >= 0.6 is 0 Å². The van der Waals surface area contributed by atoms with Crippen LogP contribution in [-0.4, -0.2) is 24.1 Å². The molecule has 1 aliphatic carbocycles. The molecular weight excluding hydrogens is 566 g/mol. The number of benzene rings is 6. The van der Waals surface area contributed by atoms with Gasteiger partial charge in [-0.05, 0) is 68.4 Å². The molecule has 6 aromatic carbocycles. The van der Waals surface area contributed by atoms with E-state index in [0.717, 1.165) is 38.9 Å². The Kier molecular flexibility index (Phi) is 5.68. The summed E-state index contributed by atoms with van der Waals surface area (Å²) in [5, 5.41) is 2.54. The van der Waals surface area contributed by atoms with Crippen LogP contribution in [0.15, 0.2) is 132 Å². The molecule has 0 aliphatic heterocycles. The number of rotatable bonds is 4. The van der Waals surface area contributed by atoms with E-state index in [-0.39, 0.29) is 5.69 Å². The molecule has 1 aliphatic rings. The quantitative estimate of drug-likeness (QED) is 0.205. The zero-order valence-electron chi connectivity index (χ0n) is 25.3. The van der Waals surface area contributed by atoms with Crippen LogP contribution in [0.3, 0.4) is 0 Å². The summed E-state index contributed by atoms with van der Waals surface area (Å²) in [4.78, 5) is 27.6. The first kappa shape index (κ1) is 26.3. The lowest BCUT2D eigenvalue weighted by Gasteiger charge is -2.11. The average molecular weight is 594 g/mol. The van der Waals surface area contributed by atoms with Gasteiger partial charge in [0.2, 0.25) is 0 Å². The second-order valence-electron chi connectivity index (χ2n) is 11.8. The van der Waals surface area contributed by atoms with Crippen molar-refractivity contribution in [2.24, 2.45) is 14.1 Å². The van der Waals surface area contributed by atoms with Crippen molar-refractivity contribution in [2.75, 3.05) is 0 Å². The first-order chi connectivity index (χ1) is 22.5. The van der Waals surface area contributed by atoms with Gasteiger partial charge in [0.25, 0.3) is 0 Å². The fourth-order valence-electron chi connectivity index (χ4n) is 6.81. The normalized spacial score (nSPS) is 11.8. The first-order valence-corrected chi connectivity index (χ1v) is 15.3. The molecule has 0 saturated heterocycles. The maximum absolute atomic E-state index is 12.5. The maximum Gasteiger partial charge on any atom is 0.328 e. The van der Waals surface area contributed by atoms with Crippen LogP contribution in [-0.2, 0) is 14.1 Å². The van der Waals surface area contributed by atoms with E-state index in [4.69, 9.17) is 15.0 Å². The van der Waals surface area contributed by atoms with Crippen molar-refractivity contribution in [2.45, 2.75) is 0 Å². The van der Waals surface area contributed by atoms with Crippen molar-refractivity contribution in [1.82, 2.24) is 24.1 Å². The highest BCUT2D eigenvalue weighted by Gasteiger charge is 2.22. The highest BCUT2D eigenvalue weighted by molar-refractivity contribution is 6.15. The molecule has 46 heavy (non-hydrogen) atoms. The van der Waals surface area contributed by atoms with Crippen molar-refractivity contribution in [3.05, 3.63) is 138 Å². The van der Waals surface area contributed by atoms with Gasteiger partial charge in [-0.25, -0.2) is 19.7 Å². The lowest BCUT2D eigenvalue weighted by Crippen LogP contribution is -2.19. The Morgan fingerprint density at radius 1 is 0.435 bits per heavy atom. The van der Waals surface area contributed by atoms with Crippen molar-refractivity contribution < 1.29 is 0 Å². The second kappa shape index (κ2) is 9.94. The fourth-order valence-corrected chi connectivity index (χ4v) is 6.81. The van der Waals surface area contributed by atoms with E-state index in [0.29, 0.717) is 17.5 Å². The number of aryl methyl sites for hydroxylation is 2. The molecule has 0 unspecified atom stereocenters. The zero-order valence-corrected chi connectivity index (χ0v) is 25.3. The molecule has 0 N–H and O–H groups in total.